The molecule has 0 aromatic heterocycles. The third-order valence-corrected chi connectivity index (χ3v) is 2.80. The second-order valence-corrected chi connectivity index (χ2v) is 4.82. The molecule has 7 heteroatoms. The van der Waals surface area contributed by atoms with Gasteiger partial charge in [-0.05, 0) is 25.7 Å². The molecular formula is C14H28F3N3O. The summed E-state index contributed by atoms with van der Waals surface area (Å²) in [6.45, 7) is 4.84. The van der Waals surface area contributed by atoms with Gasteiger partial charge in [-0.3, -0.25) is 4.99 Å². The Morgan fingerprint density at radius 3 is 2.19 bits per heavy atom. The first-order valence-corrected chi connectivity index (χ1v) is 7.58. The minimum absolute atomic E-state index is 0.138. The van der Waals surface area contributed by atoms with Gasteiger partial charge in [0.25, 0.3) is 0 Å². The van der Waals surface area contributed by atoms with Crippen molar-refractivity contribution in [2.24, 2.45) is 4.99 Å². The van der Waals surface area contributed by atoms with Crippen LogP contribution >= 0.6 is 0 Å². The predicted octanol–water partition coefficient (Wildman–Crippen LogP) is 3.09. The Morgan fingerprint density at radius 2 is 1.62 bits per heavy atom. The monoisotopic (exact) mass is 311 g/mol. The lowest BCUT2D eigenvalue weighted by Gasteiger charge is -2.12. The summed E-state index contributed by atoms with van der Waals surface area (Å²) in [5.41, 5.74) is 0. The molecule has 0 fully saturated rings. The van der Waals surface area contributed by atoms with Crippen LogP contribution in [0.5, 0.6) is 0 Å². The molecule has 0 unspecified atom stereocenters. The average Bonchev–Trinajstić information content (AvgIpc) is 2.42. The van der Waals surface area contributed by atoms with E-state index in [9.17, 15) is 13.2 Å². The summed E-state index contributed by atoms with van der Waals surface area (Å²) in [5.74, 6) is 0.621. The number of alkyl halides is 3. The molecule has 0 aliphatic heterocycles. The van der Waals surface area contributed by atoms with Crippen LogP contribution < -0.4 is 10.6 Å². The normalized spacial score (nSPS) is 12.5. The maximum absolute atomic E-state index is 12.0. The van der Waals surface area contributed by atoms with E-state index in [0.717, 1.165) is 32.4 Å². The number of nitrogens with zero attached hydrogens (tertiary/aromatic N) is 1. The van der Waals surface area contributed by atoms with Crippen molar-refractivity contribution < 1.29 is 17.9 Å². The van der Waals surface area contributed by atoms with Gasteiger partial charge in [-0.1, -0.05) is 13.3 Å². The fourth-order valence-electron chi connectivity index (χ4n) is 1.61. The highest BCUT2D eigenvalue weighted by atomic mass is 19.4. The summed E-state index contributed by atoms with van der Waals surface area (Å²) < 4.78 is 41.3. The molecule has 2 N–H and O–H groups in total. The maximum atomic E-state index is 12.0. The molecular weight excluding hydrogens is 283 g/mol. The molecule has 0 bridgehead atoms. The third kappa shape index (κ3) is 15.2. The number of hydrogen-bond acceptors (Lipinski definition) is 2. The second kappa shape index (κ2) is 12.7. The Kier molecular flexibility index (Phi) is 12.1. The molecule has 126 valence electrons. The zero-order chi connectivity index (χ0) is 16.0. The number of unbranched alkanes of at least 4 members (excludes halogenated alkanes) is 2. The molecule has 4 nitrogen and oxygen atoms in total. The van der Waals surface area contributed by atoms with Crippen molar-refractivity contribution in [1.29, 1.82) is 0 Å². The molecule has 0 saturated carbocycles. The SMILES string of the molecule is CCCCOCCCNC(=NC)NCCCCC(F)(F)F. The molecule has 0 rings (SSSR count). The zero-order valence-electron chi connectivity index (χ0n) is 13.1. The lowest BCUT2D eigenvalue weighted by Crippen LogP contribution is -2.38. The molecule has 0 heterocycles. The van der Waals surface area contributed by atoms with E-state index >= 15 is 0 Å². The molecule has 0 aromatic carbocycles. The minimum Gasteiger partial charge on any atom is -0.381 e. The van der Waals surface area contributed by atoms with Gasteiger partial charge in [0.05, 0.1) is 0 Å². The van der Waals surface area contributed by atoms with Crippen molar-refractivity contribution in [2.75, 3.05) is 33.4 Å². The lowest BCUT2D eigenvalue weighted by atomic mass is 10.2. The first-order valence-electron chi connectivity index (χ1n) is 7.58. The van der Waals surface area contributed by atoms with Crippen molar-refractivity contribution in [3.8, 4) is 0 Å². The molecule has 0 atom stereocenters. The lowest BCUT2D eigenvalue weighted by molar-refractivity contribution is -0.135. The summed E-state index contributed by atoms with van der Waals surface area (Å²) >= 11 is 0. The quantitative estimate of drug-likeness (QED) is 0.350. The van der Waals surface area contributed by atoms with Crippen LogP contribution in [0.2, 0.25) is 0 Å². The number of halogens is 3. The van der Waals surface area contributed by atoms with Crippen LogP contribution in [-0.4, -0.2) is 45.5 Å². The Bertz CT molecular complexity index is 271. The van der Waals surface area contributed by atoms with E-state index in [1.165, 1.54) is 0 Å². The zero-order valence-corrected chi connectivity index (χ0v) is 13.1. The Labute approximate surface area is 125 Å². The first-order chi connectivity index (χ1) is 9.99. The van der Waals surface area contributed by atoms with Gasteiger partial charge in [-0.15, -0.1) is 0 Å². The van der Waals surface area contributed by atoms with Gasteiger partial charge in [-0.2, -0.15) is 13.2 Å². The van der Waals surface area contributed by atoms with Gasteiger partial charge in [0.2, 0.25) is 0 Å². The van der Waals surface area contributed by atoms with E-state index in [4.69, 9.17) is 4.74 Å². The summed E-state index contributed by atoms with van der Waals surface area (Å²) in [4.78, 5) is 4.01. The van der Waals surface area contributed by atoms with Crippen LogP contribution in [0.1, 0.15) is 45.4 Å². The summed E-state index contributed by atoms with van der Waals surface area (Å²) in [5, 5.41) is 6.10. The van der Waals surface area contributed by atoms with Crippen LogP contribution in [0.15, 0.2) is 4.99 Å². The maximum Gasteiger partial charge on any atom is 0.389 e. The van der Waals surface area contributed by atoms with Crippen LogP contribution in [0.3, 0.4) is 0 Å². The van der Waals surface area contributed by atoms with Crippen molar-refractivity contribution in [1.82, 2.24) is 10.6 Å². The minimum atomic E-state index is -4.06. The van der Waals surface area contributed by atoms with E-state index in [1.807, 2.05) is 0 Å². The van der Waals surface area contributed by atoms with Gasteiger partial charge in [0, 0.05) is 39.8 Å². The van der Waals surface area contributed by atoms with Crippen molar-refractivity contribution >= 4 is 5.96 Å². The smallest absolute Gasteiger partial charge is 0.381 e. The molecule has 0 spiro atoms. The van der Waals surface area contributed by atoms with E-state index in [0.29, 0.717) is 25.5 Å². The number of nitrogens with one attached hydrogen (secondary N) is 2. The number of hydrogen-bond donors (Lipinski definition) is 2. The van der Waals surface area contributed by atoms with E-state index in [-0.39, 0.29) is 6.42 Å². The topological polar surface area (TPSA) is 45.6 Å². The summed E-state index contributed by atoms with van der Waals surface area (Å²) in [6.07, 6.45) is -1.09. The molecule has 0 aliphatic rings. The van der Waals surface area contributed by atoms with E-state index in [1.54, 1.807) is 7.05 Å². The van der Waals surface area contributed by atoms with E-state index < -0.39 is 12.6 Å². The number of guanidine groups is 1. The molecule has 0 radical (unpaired) electrons. The number of rotatable bonds is 11. The Balaban J connectivity index is 3.47. The predicted molar refractivity (Wildman–Crippen MR) is 79.6 cm³/mol. The molecule has 0 amide bonds. The Hall–Kier alpha value is -0.980. The first kappa shape index (κ1) is 20.0. The molecule has 0 saturated heterocycles. The molecule has 0 aliphatic carbocycles. The van der Waals surface area contributed by atoms with Crippen LogP contribution in [0.4, 0.5) is 13.2 Å². The largest absolute Gasteiger partial charge is 0.389 e. The fraction of sp³-hybridized carbons (Fsp3) is 0.929. The van der Waals surface area contributed by atoms with Crippen LogP contribution in [0.25, 0.3) is 0 Å². The fourth-order valence-corrected chi connectivity index (χ4v) is 1.61. The standard InChI is InChI=1S/C14H28F3N3O/c1-3-4-11-21-12-7-10-20-13(18-2)19-9-6-5-8-14(15,16)17/h3-12H2,1-2H3,(H2,18,19,20). The third-order valence-electron chi connectivity index (χ3n) is 2.80. The average molecular weight is 311 g/mol. The number of aliphatic imine (C=N–C) groups is 1. The number of ether oxygens (including phenoxy) is 1. The van der Waals surface area contributed by atoms with Crippen LogP contribution in [0, 0.1) is 0 Å². The highest BCUT2D eigenvalue weighted by molar-refractivity contribution is 5.79. The van der Waals surface area contributed by atoms with Crippen molar-refractivity contribution in [3.05, 3.63) is 0 Å². The molecule has 21 heavy (non-hydrogen) atoms. The van der Waals surface area contributed by atoms with Gasteiger partial charge in [-0.25, -0.2) is 0 Å². The highest BCUT2D eigenvalue weighted by Crippen LogP contribution is 2.21. The van der Waals surface area contributed by atoms with Gasteiger partial charge in [0.15, 0.2) is 5.96 Å². The molecule has 0 aromatic rings. The van der Waals surface area contributed by atoms with Crippen molar-refractivity contribution in [2.45, 2.75) is 51.6 Å². The highest BCUT2D eigenvalue weighted by Gasteiger charge is 2.25. The van der Waals surface area contributed by atoms with Crippen molar-refractivity contribution in [3.63, 3.8) is 0 Å². The summed E-state index contributed by atoms with van der Waals surface area (Å²) in [6, 6.07) is 0. The van der Waals surface area contributed by atoms with E-state index in [2.05, 4.69) is 22.5 Å². The Morgan fingerprint density at radius 1 is 1.00 bits per heavy atom. The van der Waals surface area contributed by atoms with Gasteiger partial charge >= 0.3 is 6.18 Å². The van der Waals surface area contributed by atoms with Gasteiger partial charge in [0.1, 0.15) is 0 Å². The van der Waals surface area contributed by atoms with Gasteiger partial charge < -0.3 is 15.4 Å². The van der Waals surface area contributed by atoms with Crippen LogP contribution in [-0.2, 0) is 4.74 Å². The second-order valence-electron chi connectivity index (χ2n) is 4.82. The summed E-state index contributed by atoms with van der Waals surface area (Å²) in [7, 11) is 1.64.